The lowest BCUT2D eigenvalue weighted by atomic mass is 10.1. The molecular weight excluding hydrogens is 296 g/mol. The molecule has 0 aliphatic heterocycles. The first-order valence-corrected chi connectivity index (χ1v) is 6.71. The van der Waals surface area contributed by atoms with Crippen molar-refractivity contribution in [2.45, 2.75) is 32.9 Å². The lowest BCUT2D eigenvalue weighted by Crippen LogP contribution is -2.29. The van der Waals surface area contributed by atoms with Gasteiger partial charge in [0.2, 0.25) is 5.91 Å². The zero-order valence-corrected chi connectivity index (χ0v) is 12.2. The highest BCUT2D eigenvalue weighted by atomic mass is 19.3. The van der Waals surface area contributed by atoms with Gasteiger partial charge in [0.15, 0.2) is 0 Å². The lowest BCUT2D eigenvalue weighted by molar-refractivity contribution is -0.121. The van der Waals surface area contributed by atoms with E-state index in [0.717, 1.165) is 0 Å². The van der Waals surface area contributed by atoms with E-state index in [-0.39, 0.29) is 24.6 Å². The van der Waals surface area contributed by atoms with Gasteiger partial charge < -0.3 is 14.8 Å². The van der Waals surface area contributed by atoms with E-state index in [0.29, 0.717) is 21.7 Å². The third-order valence-corrected chi connectivity index (χ3v) is 3.36. The molecule has 2 rings (SSSR count). The number of alkyl halides is 2. The van der Waals surface area contributed by atoms with Gasteiger partial charge in [-0.2, -0.15) is 13.9 Å². The van der Waals surface area contributed by atoms with E-state index in [1.807, 2.05) is 0 Å². The summed E-state index contributed by atoms with van der Waals surface area (Å²) in [6, 6.07) is 3.23. The first-order valence-electron chi connectivity index (χ1n) is 6.71. The van der Waals surface area contributed by atoms with E-state index in [4.69, 9.17) is 4.42 Å². The number of aliphatic hydroxyl groups excluding tert-OH is 1. The molecular formula is C14H17F2N3O3. The van der Waals surface area contributed by atoms with Crippen molar-refractivity contribution in [2.24, 2.45) is 0 Å². The van der Waals surface area contributed by atoms with Gasteiger partial charge in [0.1, 0.15) is 11.9 Å². The molecule has 0 aliphatic rings. The Morgan fingerprint density at radius 2 is 2.23 bits per heavy atom. The van der Waals surface area contributed by atoms with Crippen LogP contribution in [0.3, 0.4) is 0 Å². The van der Waals surface area contributed by atoms with Gasteiger partial charge in [-0.3, -0.25) is 4.79 Å². The van der Waals surface area contributed by atoms with Crippen molar-refractivity contribution >= 4 is 5.91 Å². The lowest BCUT2D eigenvalue weighted by Gasteiger charge is -2.10. The zero-order valence-electron chi connectivity index (χ0n) is 12.2. The summed E-state index contributed by atoms with van der Waals surface area (Å²) in [7, 11) is 0. The van der Waals surface area contributed by atoms with Crippen molar-refractivity contribution in [2.75, 3.05) is 6.54 Å². The van der Waals surface area contributed by atoms with Crippen LogP contribution >= 0.6 is 0 Å². The minimum Gasteiger partial charge on any atom is -0.467 e. The smallest absolute Gasteiger partial charge is 0.333 e. The summed E-state index contributed by atoms with van der Waals surface area (Å²) >= 11 is 0. The maximum atomic E-state index is 12.7. The van der Waals surface area contributed by atoms with Crippen LogP contribution in [0.2, 0.25) is 0 Å². The summed E-state index contributed by atoms with van der Waals surface area (Å²) in [6.07, 6.45) is 0.395. The monoisotopic (exact) mass is 313 g/mol. The Hall–Kier alpha value is -2.22. The number of hydrogen-bond donors (Lipinski definition) is 2. The molecule has 2 N–H and O–H groups in total. The molecule has 0 bridgehead atoms. The average molecular weight is 313 g/mol. The van der Waals surface area contributed by atoms with Gasteiger partial charge in [0.05, 0.1) is 24.9 Å². The molecule has 6 nitrogen and oxygen atoms in total. The number of furan rings is 1. The number of carbonyl (C=O) groups is 1. The van der Waals surface area contributed by atoms with E-state index in [2.05, 4.69) is 10.4 Å². The Labute approximate surface area is 125 Å². The second-order valence-corrected chi connectivity index (χ2v) is 4.88. The number of carbonyl (C=O) groups excluding carboxylic acids is 1. The molecule has 0 saturated heterocycles. The van der Waals surface area contributed by atoms with E-state index in [1.165, 1.54) is 13.2 Å². The second kappa shape index (κ2) is 6.69. The largest absolute Gasteiger partial charge is 0.467 e. The molecule has 0 radical (unpaired) electrons. The molecule has 2 heterocycles. The second-order valence-electron chi connectivity index (χ2n) is 4.88. The van der Waals surface area contributed by atoms with Crippen LogP contribution in [0, 0.1) is 13.8 Å². The number of aliphatic hydroxyl groups is 1. The van der Waals surface area contributed by atoms with E-state index >= 15 is 0 Å². The Kier molecular flexibility index (Phi) is 4.92. The van der Waals surface area contributed by atoms with Gasteiger partial charge in [-0.1, -0.05) is 0 Å². The Balaban J connectivity index is 1.95. The minimum atomic E-state index is -2.74. The number of nitrogens with zero attached hydrogens (tertiary/aromatic N) is 2. The number of nitrogens with one attached hydrogen (secondary N) is 1. The minimum absolute atomic E-state index is 0.0204. The van der Waals surface area contributed by atoms with E-state index < -0.39 is 12.7 Å². The van der Waals surface area contributed by atoms with Gasteiger partial charge in [-0.05, 0) is 26.0 Å². The van der Waals surface area contributed by atoms with Crippen LogP contribution in [-0.2, 0) is 11.2 Å². The third-order valence-electron chi connectivity index (χ3n) is 3.36. The number of amides is 1. The van der Waals surface area contributed by atoms with Gasteiger partial charge in [-0.15, -0.1) is 0 Å². The van der Waals surface area contributed by atoms with Crippen LogP contribution in [0.4, 0.5) is 8.78 Å². The first-order chi connectivity index (χ1) is 10.4. The molecule has 1 amide bonds. The molecule has 22 heavy (non-hydrogen) atoms. The van der Waals surface area contributed by atoms with Crippen LogP contribution in [0.25, 0.3) is 0 Å². The first kappa shape index (κ1) is 16.2. The number of aromatic nitrogens is 2. The van der Waals surface area contributed by atoms with Crippen molar-refractivity contribution in [3.8, 4) is 0 Å². The molecule has 0 aliphatic carbocycles. The molecule has 2 aromatic rings. The Morgan fingerprint density at radius 3 is 2.77 bits per heavy atom. The Morgan fingerprint density at radius 1 is 1.50 bits per heavy atom. The third kappa shape index (κ3) is 3.51. The molecule has 2 aromatic heterocycles. The highest BCUT2D eigenvalue weighted by Crippen LogP contribution is 2.19. The van der Waals surface area contributed by atoms with E-state index in [9.17, 15) is 18.7 Å². The van der Waals surface area contributed by atoms with Crippen molar-refractivity contribution in [1.82, 2.24) is 15.1 Å². The highest BCUT2D eigenvalue weighted by Gasteiger charge is 2.19. The summed E-state index contributed by atoms with van der Waals surface area (Å²) < 4.78 is 31.1. The SMILES string of the molecule is Cc1nn(C(F)F)c(C)c1CC(=O)NCC(O)c1ccco1. The van der Waals surface area contributed by atoms with Crippen LogP contribution < -0.4 is 5.32 Å². The number of hydrogen-bond acceptors (Lipinski definition) is 4. The van der Waals surface area contributed by atoms with Gasteiger partial charge in [0.25, 0.3) is 0 Å². The summed E-state index contributed by atoms with van der Waals surface area (Å²) in [5.41, 5.74) is 1.11. The summed E-state index contributed by atoms with van der Waals surface area (Å²) in [4.78, 5) is 11.9. The Bertz CT molecular complexity index is 638. The quantitative estimate of drug-likeness (QED) is 0.853. The zero-order chi connectivity index (χ0) is 16.3. The predicted molar refractivity (Wildman–Crippen MR) is 73.3 cm³/mol. The summed E-state index contributed by atoms with van der Waals surface area (Å²) in [5.74, 6) is -0.0381. The maximum Gasteiger partial charge on any atom is 0.333 e. The average Bonchev–Trinajstić information content (AvgIpc) is 3.08. The van der Waals surface area contributed by atoms with Crippen molar-refractivity contribution in [3.05, 3.63) is 41.1 Å². The fourth-order valence-electron chi connectivity index (χ4n) is 2.16. The molecule has 0 aromatic carbocycles. The topological polar surface area (TPSA) is 80.3 Å². The fourth-order valence-corrected chi connectivity index (χ4v) is 2.16. The molecule has 1 unspecified atom stereocenters. The predicted octanol–water partition coefficient (Wildman–Crippen LogP) is 1.88. The summed E-state index contributed by atoms with van der Waals surface area (Å²) in [6.45, 7) is 0.308. The van der Waals surface area contributed by atoms with Crippen LogP contribution in [0.1, 0.15) is 35.4 Å². The van der Waals surface area contributed by atoms with E-state index in [1.54, 1.807) is 19.1 Å². The van der Waals surface area contributed by atoms with Gasteiger partial charge in [0, 0.05) is 11.3 Å². The molecule has 0 spiro atoms. The number of rotatable bonds is 6. The summed E-state index contributed by atoms with van der Waals surface area (Å²) in [5, 5.41) is 16.0. The highest BCUT2D eigenvalue weighted by molar-refractivity contribution is 5.79. The number of aryl methyl sites for hydroxylation is 1. The molecule has 1 atom stereocenters. The standard InChI is InChI=1S/C14H17F2N3O3/c1-8-10(9(2)19(18-8)14(15)16)6-13(21)17-7-11(20)12-4-3-5-22-12/h3-5,11,14,20H,6-7H2,1-2H3,(H,17,21). The maximum absolute atomic E-state index is 12.7. The van der Waals surface area contributed by atoms with Gasteiger partial charge in [-0.25, -0.2) is 4.68 Å². The van der Waals surface area contributed by atoms with Crippen LogP contribution in [0.15, 0.2) is 22.8 Å². The van der Waals surface area contributed by atoms with Crippen molar-refractivity contribution in [3.63, 3.8) is 0 Å². The van der Waals surface area contributed by atoms with Crippen LogP contribution in [-0.4, -0.2) is 27.3 Å². The number of halogens is 2. The molecule has 0 saturated carbocycles. The van der Waals surface area contributed by atoms with Crippen LogP contribution in [0.5, 0.6) is 0 Å². The van der Waals surface area contributed by atoms with Crippen molar-refractivity contribution < 1.29 is 23.1 Å². The van der Waals surface area contributed by atoms with Crippen molar-refractivity contribution in [1.29, 1.82) is 0 Å². The molecule has 8 heteroatoms. The molecule has 0 fully saturated rings. The fraction of sp³-hybridized carbons (Fsp3) is 0.429. The molecule has 120 valence electrons. The normalized spacial score (nSPS) is 12.6. The van der Waals surface area contributed by atoms with Gasteiger partial charge >= 0.3 is 6.55 Å².